The van der Waals surface area contributed by atoms with E-state index in [2.05, 4.69) is 15.0 Å². The highest BCUT2D eigenvalue weighted by Crippen LogP contribution is 2.30. The van der Waals surface area contributed by atoms with Crippen LogP contribution in [0.3, 0.4) is 0 Å². The molecule has 2 N–H and O–H groups in total. The van der Waals surface area contributed by atoms with Crippen LogP contribution in [-0.2, 0) is 15.7 Å². The molecule has 2 heterocycles. The normalized spacial score (nSPS) is 12.7. The average Bonchev–Trinajstić information content (AvgIpc) is 3.09. The predicted octanol–water partition coefficient (Wildman–Crippen LogP) is 4.21. The lowest BCUT2D eigenvalue weighted by Crippen LogP contribution is -2.10. The number of hydrogen-bond donors (Lipinski definition) is 2. The van der Waals surface area contributed by atoms with Crippen molar-refractivity contribution in [3.63, 3.8) is 0 Å². The van der Waals surface area contributed by atoms with Gasteiger partial charge >= 0.3 is 12.1 Å². The Labute approximate surface area is 161 Å². The molecule has 0 aliphatic heterocycles. The molecular formula is C18H14F3N3O3S. The van der Waals surface area contributed by atoms with E-state index < -0.39 is 17.7 Å². The van der Waals surface area contributed by atoms with Gasteiger partial charge in [0.2, 0.25) is 0 Å². The van der Waals surface area contributed by atoms with Crippen molar-refractivity contribution in [1.82, 2.24) is 15.0 Å². The minimum atomic E-state index is -4.47. The van der Waals surface area contributed by atoms with E-state index in [0.29, 0.717) is 17.2 Å². The van der Waals surface area contributed by atoms with Gasteiger partial charge in [-0.25, -0.2) is 14.8 Å². The van der Waals surface area contributed by atoms with E-state index in [9.17, 15) is 23.1 Å². The van der Waals surface area contributed by atoms with Crippen LogP contribution in [0.25, 0.3) is 16.6 Å². The second-order valence-corrected chi connectivity index (χ2v) is 6.58. The summed E-state index contributed by atoms with van der Waals surface area (Å²) in [7, 11) is 1.17. The zero-order valence-electron chi connectivity index (χ0n) is 14.4. The summed E-state index contributed by atoms with van der Waals surface area (Å²) < 4.78 is 42.5. The molecule has 0 saturated carbocycles. The molecule has 146 valence electrons. The number of nitrogens with zero attached hydrogens (tertiary/aromatic N) is 2. The molecule has 0 aliphatic carbocycles. The highest BCUT2D eigenvalue weighted by atomic mass is 32.2. The van der Waals surface area contributed by atoms with Crippen LogP contribution in [0.1, 0.15) is 11.4 Å². The average molecular weight is 409 g/mol. The Hall–Kier alpha value is -3.01. The van der Waals surface area contributed by atoms with Crippen LogP contribution < -0.4 is 0 Å². The minimum absolute atomic E-state index is 0.111. The van der Waals surface area contributed by atoms with Gasteiger partial charge in [-0.15, -0.1) is 0 Å². The highest BCUT2D eigenvalue weighted by molar-refractivity contribution is 7.99. The number of pyridine rings is 1. The molecule has 0 fully saturated rings. The van der Waals surface area contributed by atoms with Gasteiger partial charge in [-0.05, 0) is 24.3 Å². The zero-order chi connectivity index (χ0) is 20.3. The molecular weight excluding hydrogens is 395 g/mol. The molecule has 3 rings (SSSR count). The Morgan fingerprint density at radius 2 is 2.00 bits per heavy atom. The van der Waals surface area contributed by atoms with Crippen molar-refractivity contribution in [2.75, 3.05) is 12.9 Å². The number of esters is 1. The van der Waals surface area contributed by atoms with Crippen molar-refractivity contribution in [3.05, 3.63) is 59.7 Å². The summed E-state index contributed by atoms with van der Waals surface area (Å²) in [6, 6.07) is 9.16. The molecule has 0 spiro atoms. The number of aromatic amines is 1. The molecule has 0 aliphatic rings. The van der Waals surface area contributed by atoms with Gasteiger partial charge in [0.15, 0.2) is 0 Å². The number of thioether (sulfide) groups is 1. The lowest BCUT2D eigenvalue weighted by Gasteiger charge is -2.08. The first kappa shape index (κ1) is 19.7. The first-order chi connectivity index (χ1) is 13.3. The van der Waals surface area contributed by atoms with Gasteiger partial charge in [0.05, 0.1) is 34.5 Å². The number of imidazole rings is 1. The molecule has 3 aromatic rings. The van der Waals surface area contributed by atoms with E-state index in [4.69, 9.17) is 4.74 Å². The van der Waals surface area contributed by atoms with Gasteiger partial charge in [-0.1, -0.05) is 23.9 Å². The number of halogens is 3. The number of carbonyl (C=O) groups excluding carboxylic acids is 1. The number of alkyl halides is 3. The van der Waals surface area contributed by atoms with E-state index in [-0.39, 0.29) is 27.9 Å². The predicted molar refractivity (Wildman–Crippen MR) is 97.6 cm³/mol. The smallest absolute Gasteiger partial charge is 0.417 e. The van der Waals surface area contributed by atoms with Gasteiger partial charge in [-0.2, -0.15) is 13.2 Å². The number of aromatic nitrogens is 3. The van der Waals surface area contributed by atoms with Gasteiger partial charge in [0.25, 0.3) is 0 Å². The number of aliphatic hydroxyl groups excluding tert-OH is 1. The first-order valence-corrected chi connectivity index (χ1v) is 8.89. The lowest BCUT2D eigenvalue weighted by atomic mass is 10.2. The van der Waals surface area contributed by atoms with Crippen molar-refractivity contribution in [1.29, 1.82) is 0 Å². The van der Waals surface area contributed by atoms with Gasteiger partial charge < -0.3 is 14.8 Å². The molecule has 0 atom stereocenters. The van der Waals surface area contributed by atoms with Crippen molar-refractivity contribution in [2.45, 2.75) is 11.2 Å². The maximum Gasteiger partial charge on any atom is 0.417 e. The number of rotatable bonds is 5. The topological polar surface area (TPSA) is 88.1 Å². The van der Waals surface area contributed by atoms with E-state index in [1.807, 2.05) is 0 Å². The number of ether oxygens (including phenoxy) is 1. The highest BCUT2D eigenvalue weighted by Gasteiger charge is 2.30. The van der Waals surface area contributed by atoms with Crippen LogP contribution in [0.5, 0.6) is 0 Å². The number of nitrogens with one attached hydrogen (secondary N) is 1. The fourth-order valence-electron chi connectivity index (χ4n) is 2.37. The Kier molecular flexibility index (Phi) is 5.59. The maximum absolute atomic E-state index is 12.6. The van der Waals surface area contributed by atoms with Crippen LogP contribution >= 0.6 is 11.8 Å². The Bertz CT molecular complexity index is 997. The van der Waals surface area contributed by atoms with Crippen molar-refractivity contribution >= 4 is 34.3 Å². The third-order valence-corrected chi connectivity index (χ3v) is 4.68. The molecule has 0 bridgehead atoms. The summed E-state index contributed by atoms with van der Waals surface area (Å²) in [5.74, 6) is -1.11. The van der Waals surface area contributed by atoms with E-state index in [1.165, 1.54) is 13.2 Å². The molecule has 0 saturated heterocycles. The summed E-state index contributed by atoms with van der Waals surface area (Å²) >= 11 is 0.970. The first-order valence-electron chi connectivity index (χ1n) is 7.91. The monoisotopic (exact) mass is 409 g/mol. The second kappa shape index (κ2) is 7.93. The third kappa shape index (κ3) is 4.28. The van der Waals surface area contributed by atoms with Crippen LogP contribution in [0, 0.1) is 0 Å². The number of fused-ring (bicyclic) bond motifs is 1. The summed E-state index contributed by atoms with van der Waals surface area (Å²) in [6.07, 6.45) is -3.76. The largest absolute Gasteiger partial charge is 0.510 e. The fraction of sp³-hybridized carbons (Fsp3) is 0.167. The SMILES string of the molecule is COC(=O)/C(=C(/O)CSc1ccc(C(F)(F)F)cn1)c1nc2ccccc2[nH]1. The molecule has 6 nitrogen and oxygen atoms in total. The molecule has 10 heteroatoms. The van der Waals surface area contributed by atoms with Crippen molar-refractivity contribution in [3.8, 4) is 0 Å². The Morgan fingerprint density at radius 1 is 1.25 bits per heavy atom. The van der Waals surface area contributed by atoms with E-state index >= 15 is 0 Å². The standard InChI is InChI=1S/C18H14F3N3O3S/c1-27-17(26)15(16-23-11-4-2-3-5-12(11)24-16)13(25)9-28-14-7-6-10(8-22-14)18(19,20)21/h2-8,25H,9H2,1H3,(H,23,24)/b15-13+. The van der Waals surface area contributed by atoms with Crippen molar-refractivity contribution in [2.24, 2.45) is 0 Å². The number of benzene rings is 1. The third-order valence-electron chi connectivity index (χ3n) is 3.72. The van der Waals surface area contributed by atoms with Crippen LogP contribution in [0.2, 0.25) is 0 Å². The molecule has 1 aromatic carbocycles. The number of hydrogen-bond acceptors (Lipinski definition) is 6. The Balaban J connectivity index is 1.85. The van der Waals surface area contributed by atoms with E-state index in [0.717, 1.165) is 17.8 Å². The zero-order valence-corrected chi connectivity index (χ0v) is 15.3. The summed E-state index contributed by atoms with van der Waals surface area (Å²) in [5, 5.41) is 10.7. The summed E-state index contributed by atoms with van der Waals surface area (Å²) in [5.41, 5.74) is 0.250. The molecule has 28 heavy (non-hydrogen) atoms. The quantitative estimate of drug-likeness (QED) is 0.284. The van der Waals surface area contributed by atoms with Gasteiger partial charge in [0.1, 0.15) is 17.2 Å². The van der Waals surface area contributed by atoms with Gasteiger partial charge in [0, 0.05) is 6.20 Å². The van der Waals surface area contributed by atoms with Crippen LogP contribution in [0.15, 0.2) is 53.4 Å². The van der Waals surface area contributed by atoms with Gasteiger partial charge in [-0.3, -0.25) is 0 Å². The number of para-hydroxylation sites is 2. The minimum Gasteiger partial charge on any atom is -0.510 e. The van der Waals surface area contributed by atoms with Crippen LogP contribution in [0.4, 0.5) is 13.2 Å². The second-order valence-electron chi connectivity index (χ2n) is 5.59. The lowest BCUT2D eigenvalue weighted by molar-refractivity contribution is -0.138. The van der Waals surface area contributed by atoms with E-state index in [1.54, 1.807) is 24.3 Å². The van der Waals surface area contributed by atoms with Crippen molar-refractivity contribution < 1.29 is 27.8 Å². The number of methoxy groups -OCH3 is 1. The molecule has 0 radical (unpaired) electrons. The fourth-order valence-corrected chi connectivity index (χ4v) is 3.09. The van der Waals surface area contributed by atoms with Crippen LogP contribution in [-0.4, -0.2) is 38.9 Å². The number of H-pyrrole nitrogens is 1. The maximum atomic E-state index is 12.6. The number of carbonyl (C=O) groups is 1. The Morgan fingerprint density at radius 3 is 2.61 bits per heavy atom. The molecule has 2 aromatic heterocycles. The molecule has 0 amide bonds. The summed E-state index contributed by atoms with van der Waals surface area (Å²) in [6.45, 7) is 0. The summed E-state index contributed by atoms with van der Waals surface area (Å²) in [4.78, 5) is 23.1. The molecule has 0 unspecified atom stereocenters. The number of aliphatic hydroxyl groups is 1.